The predicted octanol–water partition coefficient (Wildman–Crippen LogP) is 2.18. The molecule has 0 radical (unpaired) electrons. The van der Waals surface area contributed by atoms with E-state index in [4.69, 9.17) is 0 Å². The largest absolute Gasteiger partial charge is 0.340 e. The standard InChI is InChI=1S/C9H14N2/c1-5-7-9(3)11(4)8-10-6-2/h5-8H,1-2H2,3-4H3/b9-7-,10-8?. The predicted molar refractivity (Wildman–Crippen MR) is 50.4 cm³/mol. The molecule has 0 unspecified atom stereocenters. The van der Waals surface area contributed by atoms with Crippen molar-refractivity contribution < 1.29 is 0 Å². The zero-order chi connectivity index (χ0) is 8.69. The highest BCUT2D eigenvalue weighted by atomic mass is 15.1. The lowest BCUT2D eigenvalue weighted by molar-refractivity contribution is 0.646. The molecule has 0 fully saturated rings. The summed E-state index contributed by atoms with van der Waals surface area (Å²) >= 11 is 0. The summed E-state index contributed by atoms with van der Waals surface area (Å²) < 4.78 is 0. The minimum atomic E-state index is 1.09. The highest BCUT2D eigenvalue weighted by molar-refractivity contribution is 5.58. The van der Waals surface area contributed by atoms with Gasteiger partial charge in [-0.05, 0) is 13.0 Å². The van der Waals surface area contributed by atoms with Gasteiger partial charge in [0.2, 0.25) is 0 Å². The molecule has 0 aromatic carbocycles. The van der Waals surface area contributed by atoms with E-state index < -0.39 is 0 Å². The van der Waals surface area contributed by atoms with Crippen LogP contribution in [0.1, 0.15) is 6.92 Å². The highest BCUT2D eigenvalue weighted by Crippen LogP contribution is 1.96. The van der Waals surface area contributed by atoms with Crippen LogP contribution in [-0.4, -0.2) is 18.3 Å². The normalized spacial score (nSPS) is 11.6. The van der Waals surface area contributed by atoms with Gasteiger partial charge in [-0.1, -0.05) is 19.2 Å². The fourth-order valence-corrected chi connectivity index (χ4v) is 0.526. The third-order valence-electron chi connectivity index (χ3n) is 1.26. The minimum Gasteiger partial charge on any atom is -0.340 e. The minimum absolute atomic E-state index is 1.09. The van der Waals surface area contributed by atoms with Crippen molar-refractivity contribution in [2.75, 3.05) is 7.05 Å². The lowest BCUT2D eigenvalue weighted by atomic mass is 10.4. The molecular formula is C9H14N2. The first-order valence-electron chi connectivity index (χ1n) is 3.38. The molecule has 0 saturated heterocycles. The molecule has 60 valence electrons. The number of aliphatic imine (C=N–C) groups is 1. The number of nitrogens with zero attached hydrogens (tertiary/aromatic N) is 2. The van der Waals surface area contributed by atoms with Gasteiger partial charge >= 0.3 is 0 Å². The summed E-state index contributed by atoms with van der Waals surface area (Å²) in [7, 11) is 1.92. The second-order valence-electron chi connectivity index (χ2n) is 2.10. The van der Waals surface area contributed by atoms with Gasteiger partial charge in [-0.15, -0.1) is 0 Å². The van der Waals surface area contributed by atoms with Crippen LogP contribution < -0.4 is 0 Å². The Morgan fingerprint density at radius 2 is 2.09 bits per heavy atom. The van der Waals surface area contributed by atoms with Crippen LogP contribution in [0.25, 0.3) is 0 Å². The molecule has 0 aliphatic rings. The van der Waals surface area contributed by atoms with E-state index in [0.29, 0.717) is 0 Å². The smallest absolute Gasteiger partial charge is 0.0943 e. The van der Waals surface area contributed by atoms with Gasteiger partial charge in [0, 0.05) is 18.9 Å². The molecule has 0 spiro atoms. The van der Waals surface area contributed by atoms with Crippen molar-refractivity contribution in [3.63, 3.8) is 0 Å². The molecular weight excluding hydrogens is 136 g/mol. The molecule has 0 atom stereocenters. The van der Waals surface area contributed by atoms with Gasteiger partial charge in [-0.3, -0.25) is 0 Å². The van der Waals surface area contributed by atoms with E-state index in [1.165, 1.54) is 6.20 Å². The highest BCUT2D eigenvalue weighted by Gasteiger charge is 1.90. The zero-order valence-electron chi connectivity index (χ0n) is 7.12. The molecule has 0 amide bonds. The van der Waals surface area contributed by atoms with Crippen molar-refractivity contribution in [1.82, 2.24) is 4.90 Å². The Balaban J connectivity index is 4.11. The molecule has 0 saturated carbocycles. The van der Waals surface area contributed by atoms with Crippen LogP contribution in [0.4, 0.5) is 0 Å². The average molecular weight is 150 g/mol. The summed E-state index contributed by atoms with van der Waals surface area (Å²) in [6, 6.07) is 0. The summed E-state index contributed by atoms with van der Waals surface area (Å²) in [6.45, 7) is 9.05. The van der Waals surface area contributed by atoms with Crippen molar-refractivity contribution in [3.05, 3.63) is 37.2 Å². The number of allylic oxidation sites excluding steroid dienone is 3. The molecule has 2 heteroatoms. The maximum atomic E-state index is 3.86. The number of hydrogen-bond acceptors (Lipinski definition) is 1. The van der Waals surface area contributed by atoms with Gasteiger partial charge < -0.3 is 4.90 Å². The first-order chi connectivity index (χ1) is 5.22. The van der Waals surface area contributed by atoms with Crippen molar-refractivity contribution in [1.29, 1.82) is 0 Å². The van der Waals surface area contributed by atoms with Crippen LogP contribution in [0.5, 0.6) is 0 Å². The Kier molecular flexibility index (Phi) is 4.82. The van der Waals surface area contributed by atoms with E-state index in [1.54, 1.807) is 12.4 Å². The molecule has 0 heterocycles. The monoisotopic (exact) mass is 150 g/mol. The molecule has 0 N–H and O–H groups in total. The van der Waals surface area contributed by atoms with Gasteiger partial charge in [-0.25, -0.2) is 4.99 Å². The van der Waals surface area contributed by atoms with E-state index in [9.17, 15) is 0 Å². The van der Waals surface area contributed by atoms with Crippen LogP contribution >= 0.6 is 0 Å². The van der Waals surface area contributed by atoms with Gasteiger partial charge in [-0.2, -0.15) is 0 Å². The van der Waals surface area contributed by atoms with Crippen LogP contribution in [0.3, 0.4) is 0 Å². The van der Waals surface area contributed by atoms with Crippen LogP contribution in [-0.2, 0) is 0 Å². The fourth-order valence-electron chi connectivity index (χ4n) is 0.526. The molecule has 0 rings (SSSR count). The van der Waals surface area contributed by atoms with Gasteiger partial charge in [0.25, 0.3) is 0 Å². The quantitative estimate of drug-likeness (QED) is 0.341. The lowest BCUT2D eigenvalue weighted by Crippen LogP contribution is -2.12. The average Bonchev–Trinajstić information content (AvgIpc) is 2.00. The maximum absolute atomic E-state index is 3.86. The second kappa shape index (κ2) is 5.47. The topological polar surface area (TPSA) is 15.6 Å². The summed E-state index contributed by atoms with van der Waals surface area (Å²) in [5, 5.41) is 0. The number of hydrogen-bond donors (Lipinski definition) is 0. The molecule has 0 aromatic rings. The summed E-state index contributed by atoms with van der Waals surface area (Å²) in [5.41, 5.74) is 1.09. The van der Waals surface area contributed by atoms with Gasteiger partial charge in [0.05, 0.1) is 6.34 Å². The Labute approximate surface area is 68.2 Å². The first-order valence-corrected chi connectivity index (χ1v) is 3.38. The summed E-state index contributed by atoms with van der Waals surface area (Å²) in [4.78, 5) is 5.76. The Morgan fingerprint density at radius 3 is 2.55 bits per heavy atom. The van der Waals surface area contributed by atoms with Crippen molar-refractivity contribution in [2.45, 2.75) is 6.92 Å². The molecule has 0 aliphatic carbocycles. The van der Waals surface area contributed by atoms with Crippen molar-refractivity contribution in [2.24, 2.45) is 4.99 Å². The fraction of sp³-hybridized carbons (Fsp3) is 0.222. The SMILES string of the molecule is C=C/C=C(/C)N(C)C=NC=C. The maximum Gasteiger partial charge on any atom is 0.0943 e. The van der Waals surface area contributed by atoms with Gasteiger partial charge in [0.1, 0.15) is 0 Å². The van der Waals surface area contributed by atoms with E-state index in [1.807, 2.05) is 24.9 Å². The third-order valence-corrected chi connectivity index (χ3v) is 1.26. The summed E-state index contributed by atoms with van der Waals surface area (Å²) in [5.74, 6) is 0. The van der Waals surface area contributed by atoms with Crippen molar-refractivity contribution >= 4 is 6.34 Å². The molecule has 2 nitrogen and oxygen atoms in total. The molecule has 0 aliphatic heterocycles. The molecule has 0 aromatic heterocycles. The van der Waals surface area contributed by atoms with E-state index in [0.717, 1.165) is 5.70 Å². The van der Waals surface area contributed by atoms with E-state index >= 15 is 0 Å². The Bertz CT molecular complexity index is 190. The van der Waals surface area contributed by atoms with Crippen LogP contribution in [0.2, 0.25) is 0 Å². The number of rotatable bonds is 4. The van der Waals surface area contributed by atoms with Crippen LogP contribution in [0.15, 0.2) is 42.2 Å². The lowest BCUT2D eigenvalue weighted by Gasteiger charge is -2.11. The van der Waals surface area contributed by atoms with E-state index in [2.05, 4.69) is 18.2 Å². The first kappa shape index (κ1) is 9.69. The summed E-state index contributed by atoms with van der Waals surface area (Å²) in [6.07, 6.45) is 6.85. The molecule has 0 bridgehead atoms. The van der Waals surface area contributed by atoms with Crippen LogP contribution in [0, 0.1) is 0 Å². The molecule has 11 heavy (non-hydrogen) atoms. The van der Waals surface area contributed by atoms with E-state index in [-0.39, 0.29) is 0 Å². The second-order valence-corrected chi connectivity index (χ2v) is 2.10. The third kappa shape index (κ3) is 4.14. The Hall–Kier alpha value is -1.31. The van der Waals surface area contributed by atoms with Crippen molar-refractivity contribution in [3.8, 4) is 0 Å². The van der Waals surface area contributed by atoms with Gasteiger partial charge in [0.15, 0.2) is 0 Å². The zero-order valence-corrected chi connectivity index (χ0v) is 7.12. The Morgan fingerprint density at radius 1 is 1.45 bits per heavy atom.